The lowest BCUT2D eigenvalue weighted by Crippen LogP contribution is -2.29. The Balaban J connectivity index is 4.47. The van der Waals surface area contributed by atoms with E-state index in [-0.39, 0.29) is 17.6 Å². The number of aliphatic hydroxyl groups is 2. The standard InChI is InChI=1S/C14H26O3/c1-6-12(11(5)15)7-8-13(16)10(4)14(17)9(2)3/h7-12,14-15,17H,6H2,1-5H3/b8-7+/t10-,11-,12+,14-/m1/s1. The van der Waals surface area contributed by atoms with Crippen LogP contribution in [0.3, 0.4) is 0 Å². The van der Waals surface area contributed by atoms with Gasteiger partial charge in [-0.25, -0.2) is 0 Å². The van der Waals surface area contributed by atoms with Crippen LogP contribution in [0, 0.1) is 17.8 Å². The Morgan fingerprint density at radius 3 is 2.06 bits per heavy atom. The van der Waals surface area contributed by atoms with E-state index in [4.69, 9.17) is 0 Å². The van der Waals surface area contributed by atoms with Crippen molar-refractivity contribution in [3.63, 3.8) is 0 Å². The quantitative estimate of drug-likeness (QED) is 0.673. The molecule has 17 heavy (non-hydrogen) atoms. The largest absolute Gasteiger partial charge is 0.393 e. The van der Waals surface area contributed by atoms with Gasteiger partial charge in [0.15, 0.2) is 5.78 Å². The second-order valence-electron chi connectivity index (χ2n) is 5.10. The van der Waals surface area contributed by atoms with Crippen molar-refractivity contribution in [1.29, 1.82) is 0 Å². The number of allylic oxidation sites excluding steroid dienone is 1. The van der Waals surface area contributed by atoms with E-state index in [1.165, 1.54) is 6.08 Å². The van der Waals surface area contributed by atoms with Gasteiger partial charge in [0.05, 0.1) is 12.2 Å². The molecule has 0 unspecified atom stereocenters. The predicted molar refractivity (Wildman–Crippen MR) is 69.6 cm³/mol. The summed E-state index contributed by atoms with van der Waals surface area (Å²) < 4.78 is 0. The molecule has 2 N–H and O–H groups in total. The zero-order valence-corrected chi connectivity index (χ0v) is 11.6. The van der Waals surface area contributed by atoms with Crippen LogP contribution >= 0.6 is 0 Å². The number of ketones is 1. The van der Waals surface area contributed by atoms with Gasteiger partial charge in [-0.05, 0) is 25.3 Å². The van der Waals surface area contributed by atoms with Gasteiger partial charge in [0.2, 0.25) is 0 Å². The van der Waals surface area contributed by atoms with Gasteiger partial charge < -0.3 is 10.2 Å². The van der Waals surface area contributed by atoms with E-state index in [9.17, 15) is 15.0 Å². The van der Waals surface area contributed by atoms with Crippen molar-refractivity contribution in [2.75, 3.05) is 0 Å². The summed E-state index contributed by atoms with van der Waals surface area (Å²) in [5.74, 6) is -0.397. The Labute approximate surface area is 105 Å². The molecule has 0 radical (unpaired) electrons. The first-order chi connectivity index (χ1) is 7.81. The van der Waals surface area contributed by atoms with Crippen molar-refractivity contribution in [2.24, 2.45) is 17.8 Å². The van der Waals surface area contributed by atoms with E-state index in [0.717, 1.165) is 6.42 Å². The molecule has 0 heterocycles. The van der Waals surface area contributed by atoms with Gasteiger partial charge in [-0.2, -0.15) is 0 Å². The minimum absolute atomic E-state index is 0.00217. The minimum atomic E-state index is -0.612. The van der Waals surface area contributed by atoms with E-state index >= 15 is 0 Å². The van der Waals surface area contributed by atoms with E-state index in [0.29, 0.717) is 0 Å². The maximum atomic E-state index is 11.8. The fourth-order valence-corrected chi connectivity index (χ4v) is 1.75. The van der Waals surface area contributed by atoms with Gasteiger partial charge in [0, 0.05) is 11.8 Å². The molecule has 0 rings (SSSR count). The summed E-state index contributed by atoms with van der Waals surface area (Å²) >= 11 is 0. The zero-order chi connectivity index (χ0) is 13.6. The van der Waals surface area contributed by atoms with Crippen molar-refractivity contribution in [1.82, 2.24) is 0 Å². The zero-order valence-electron chi connectivity index (χ0n) is 11.6. The molecule has 0 aromatic heterocycles. The van der Waals surface area contributed by atoms with Crippen LogP contribution in [-0.4, -0.2) is 28.2 Å². The van der Waals surface area contributed by atoms with E-state index < -0.39 is 18.1 Å². The monoisotopic (exact) mass is 242 g/mol. The third-order valence-electron chi connectivity index (χ3n) is 3.24. The molecule has 100 valence electrons. The van der Waals surface area contributed by atoms with E-state index in [2.05, 4.69) is 0 Å². The Bertz CT molecular complexity index is 256. The van der Waals surface area contributed by atoms with Gasteiger partial charge in [0.25, 0.3) is 0 Å². The van der Waals surface area contributed by atoms with Crippen LogP contribution < -0.4 is 0 Å². The fourth-order valence-electron chi connectivity index (χ4n) is 1.75. The Morgan fingerprint density at radius 1 is 1.18 bits per heavy atom. The first-order valence-corrected chi connectivity index (χ1v) is 6.39. The lowest BCUT2D eigenvalue weighted by atomic mass is 9.90. The molecule has 0 spiro atoms. The molecule has 0 amide bonds. The van der Waals surface area contributed by atoms with Crippen molar-refractivity contribution >= 4 is 5.78 Å². The molecule has 0 bridgehead atoms. The van der Waals surface area contributed by atoms with Crippen LogP contribution in [0.1, 0.15) is 41.0 Å². The number of hydrogen-bond donors (Lipinski definition) is 2. The van der Waals surface area contributed by atoms with Crippen molar-refractivity contribution in [3.8, 4) is 0 Å². The molecule has 0 aromatic carbocycles. The summed E-state index contributed by atoms with van der Waals surface area (Å²) in [6.07, 6.45) is 2.98. The second-order valence-corrected chi connectivity index (χ2v) is 5.10. The lowest BCUT2D eigenvalue weighted by molar-refractivity contribution is -0.121. The first-order valence-electron chi connectivity index (χ1n) is 6.39. The first kappa shape index (κ1) is 16.3. The fraction of sp³-hybridized carbons (Fsp3) is 0.786. The molecule has 3 heteroatoms. The molecular weight excluding hydrogens is 216 g/mol. The highest BCUT2D eigenvalue weighted by atomic mass is 16.3. The smallest absolute Gasteiger partial charge is 0.160 e. The molecular formula is C14H26O3. The normalized spacial score (nSPS) is 19.3. The highest BCUT2D eigenvalue weighted by Gasteiger charge is 2.23. The molecule has 0 saturated heterocycles. The minimum Gasteiger partial charge on any atom is -0.393 e. The van der Waals surface area contributed by atoms with Gasteiger partial charge in [-0.1, -0.05) is 33.8 Å². The van der Waals surface area contributed by atoms with Crippen LogP contribution in [0.15, 0.2) is 12.2 Å². The average molecular weight is 242 g/mol. The van der Waals surface area contributed by atoms with Crippen LogP contribution in [0.5, 0.6) is 0 Å². The van der Waals surface area contributed by atoms with E-state index in [1.807, 2.05) is 20.8 Å². The molecule has 0 fully saturated rings. The second kappa shape index (κ2) is 7.62. The topological polar surface area (TPSA) is 57.5 Å². The summed E-state index contributed by atoms with van der Waals surface area (Å²) in [6, 6.07) is 0. The molecule has 0 aliphatic rings. The number of rotatable bonds is 7. The van der Waals surface area contributed by atoms with Crippen molar-refractivity contribution in [2.45, 2.75) is 53.2 Å². The number of carbonyl (C=O) groups excluding carboxylic acids is 1. The van der Waals surface area contributed by atoms with Crippen molar-refractivity contribution in [3.05, 3.63) is 12.2 Å². The Morgan fingerprint density at radius 2 is 1.71 bits per heavy atom. The van der Waals surface area contributed by atoms with Crippen molar-refractivity contribution < 1.29 is 15.0 Å². The highest BCUT2D eigenvalue weighted by Crippen LogP contribution is 2.15. The third kappa shape index (κ3) is 5.46. The molecule has 4 atom stereocenters. The molecule has 0 aliphatic heterocycles. The molecule has 0 aromatic rings. The maximum absolute atomic E-state index is 11.8. The summed E-state index contributed by atoms with van der Waals surface area (Å²) in [7, 11) is 0. The van der Waals surface area contributed by atoms with Gasteiger partial charge in [-0.15, -0.1) is 0 Å². The summed E-state index contributed by atoms with van der Waals surface area (Å²) in [4.78, 5) is 11.8. The van der Waals surface area contributed by atoms with Crippen LogP contribution in [0.25, 0.3) is 0 Å². The summed E-state index contributed by atoms with van der Waals surface area (Å²) in [6.45, 7) is 9.21. The predicted octanol–water partition coefficient (Wildman–Crippen LogP) is 2.17. The number of hydrogen-bond acceptors (Lipinski definition) is 3. The van der Waals surface area contributed by atoms with Crippen LogP contribution in [0.2, 0.25) is 0 Å². The Hall–Kier alpha value is -0.670. The summed E-state index contributed by atoms with van der Waals surface area (Å²) in [5, 5.41) is 19.2. The third-order valence-corrected chi connectivity index (χ3v) is 3.24. The average Bonchev–Trinajstić information content (AvgIpc) is 2.26. The Kier molecular flexibility index (Phi) is 7.32. The van der Waals surface area contributed by atoms with Gasteiger partial charge in [-0.3, -0.25) is 4.79 Å². The molecule has 0 aliphatic carbocycles. The number of aliphatic hydroxyl groups excluding tert-OH is 2. The van der Waals surface area contributed by atoms with Crippen LogP contribution in [0.4, 0.5) is 0 Å². The lowest BCUT2D eigenvalue weighted by Gasteiger charge is -2.20. The van der Waals surface area contributed by atoms with Gasteiger partial charge >= 0.3 is 0 Å². The van der Waals surface area contributed by atoms with Crippen LogP contribution in [-0.2, 0) is 4.79 Å². The SMILES string of the molecule is CC[C@@H](/C=C/C(=O)[C@@H](C)[C@H](O)C(C)C)[C@@H](C)O. The van der Waals surface area contributed by atoms with E-state index in [1.54, 1.807) is 19.9 Å². The maximum Gasteiger partial charge on any atom is 0.160 e. The summed E-state index contributed by atoms with van der Waals surface area (Å²) in [5.41, 5.74) is 0. The molecule has 0 saturated carbocycles. The highest BCUT2D eigenvalue weighted by molar-refractivity contribution is 5.91. The molecule has 3 nitrogen and oxygen atoms in total. The number of carbonyl (C=O) groups is 1. The van der Waals surface area contributed by atoms with Gasteiger partial charge in [0.1, 0.15) is 0 Å².